The average molecular weight is 181 g/mol. The molecule has 1 aliphatic heterocycles. The van der Waals surface area contributed by atoms with Crippen molar-refractivity contribution in [2.24, 2.45) is 23.7 Å². The van der Waals surface area contributed by atoms with Crippen molar-refractivity contribution in [2.45, 2.75) is 25.4 Å². The molecule has 0 radical (unpaired) electrons. The molecule has 2 aliphatic carbocycles. The van der Waals surface area contributed by atoms with Crippen LogP contribution in [0.15, 0.2) is 0 Å². The van der Waals surface area contributed by atoms with Crippen LogP contribution in [0, 0.1) is 23.7 Å². The first-order valence-electron chi connectivity index (χ1n) is 5.23. The fourth-order valence-electron chi connectivity index (χ4n) is 3.74. The molecule has 3 rings (SSSR count). The molecule has 3 heteroatoms. The van der Waals surface area contributed by atoms with Gasteiger partial charge in [-0.15, -0.1) is 0 Å². The van der Waals surface area contributed by atoms with Gasteiger partial charge in [0.2, 0.25) is 5.91 Å². The number of carbonyl (C=O) groups is 1. The molecule has 3 nitrogen and oxygen atoms in total. The number of rotatable bonds is 0. The Morgan fingerprint density at radius 3 is 3.00 bits per heavy atom. The minimum Gasteiger partial charge on any atom is -0.393 e. The van der Waals surface area contributed by atoms with Crippen LogP contribution < -0.4 is 5.32 Å². The SMILES string of the molecule is O=C1NCC[C@H]2[C@H]3C[C@H](C[C@H]3O)[C@@H]12. The van der Waals surface area contributed by atoms with Crippen molar-refractivity contribution in [1.29, 1.82) is 0 Å². The Morgan fingerprint density at radius 2 is 2.15 bits per heavy atom. The lowest BCUT2D eigenvalue weighted by Gasteiger charge is -2.36. The second-order valence-corrected chi connectivity index (χ2v) is 4.73. The Labute approximate surface area is 77.5 Å². The monoisotopic (exact) mass is 181 g/mol. The topological polar surface area (TPSA) is 49.3 Å². The number of fused-ring (bicyclic) bond motifs is 5. The minimum atomic E-state index is -0.114. The third-order valence-electron chi connectivity index (χ3n) is 4.21. The molecule has 1 amide bonds. The summed E-state index contributed by atoms with van der Waals surface area (Å²) in [5, 5.41) is 12.6. The van der Waals surface area contributed by atoms with E-state index in [9.17, 15) is 9.90 Å². The fraction of sp³-hybridized carbons (Fsp3) is 0.900. The summed E-state index contributed by atoms with van der Waals surface area (Å²) in [7, 11) is 0. The van der Waals surface area contributed by atoms with Gasteiger partial charge in [0.05, 0.1) is 6.10 Å². The quantitative estimate of drug-likeness (QED) is 0.558. The number of aliphatic hydroxyl groups excluding tert-OH is 1. The number of nitrogens with one attached hydrogen (secondary N) is 1. The van der Waals surface area contributed by atoms with Gasteiger partial charge in [0, 0.05) is 12.5 Å². The summed E-state index contributed by atoms with van der Waals surface area (Å²) in [6.45, 7) is 0.815. The smallest absolute Gasteiger partial charge is 0.223 e. The molecule has 72 valence electrons. The first-order valence-corrected chi connectivity index (χ1v) is 5.23. The molecule has 0 aromatic rings. The Kier molecular flexibility index (Phi) is 1.48. The highest BCUT2D eigenvalue weighted by Crippen LogP contribution is 2.54. The van der Waals surface area contributed by atoms with Crippen LogP contribution in [0.1, 0.15) is 19.3 Å². The summed E-state index contributed by atoms with van der Waals surface area (Å²) in [6, 6.07) is 0. The van der Waals surface area contributed by atoms with Gasteiger partial charge >= 0.3 is 0 Å². The van der Waals surface area contributed by atoms with E-state index in [1.807, 2.05) is 0 Å². The standard InChI is InChI=1S/C10H15NO2/c12-8-4-5-3-7(8)6-1-2-11-10(13)9(5)6/h5-9,12H,1-4H2,(H,11,13)/t5-,6+,7-,8-,9-/m1/s1. The van der Waals surface area contributed by atoms with Gasteiger partial charge in [-0.1, -0.05) is 0 Å². The van der Waals surface area contributed by atoms with E-state index in [1.54, 1.807) is 0 Å². The Balaban J connectivity index is 1.90. The molecule has 2 saturated carbocycles. The highest BCUT2D eigenvalue weighted by molar-refractivity contribution is 5.80. The molecule has 0 aromatic heterocycles. The van der Waals surface area contributed by atoms with E-state index in [0.717, 1.165) is 25.8 Å². The fourth-order valence-corrected chi connectivity index (χ4v) is 3.74. The van der Waals surface area contributed by atoms with Crippen LogP contribution in [0.25, 0.3) is 0 Å². The first-order chi connectivity index (χ1) is 6.27. The molecule has 1 heterocycles. The molecule has 2 bridgehead atoms. The molecule has 0 spiro atoms. The largest absolute Gasteiger partial charge is 0.393 e. The number of amides is 1. The summed E-state index contributed by atoms with van der Waals surface area (Å²) in [5.41, 5.74) is 0. The maximum absolute atomic E-state index is 11.6. The average Bonchev–Trinajstić information content (AvgIpc) is 2.61. The predicted octanol–water partition coefficient (Wildman–Crippen LogP) is 0.139. The van der Waals surface area contributed by atoms with E-state index < -0.39 is 0 Å². The van der Waals surface area contributed by atoms with Crippen molar-refractivity contribution in [2.75, 3.05) is 6.54 Å². The lowest BCUT2D eigenvalue weighted by molar-refractivity contribution is -0.132. The normalized spacial score (nSPS) is 53.3. The van der Waals surface area contributed by atoms with Crippen molar-refractivity contribution in [3.63, 3.8) is 0 Å². The molecule has 0 aromatic carbocycles. The van der Waals surface area contributed by atoms with Crippen molar-refractivity contribution < 1.29 is 9.90 Å². The summed E-state index contributed by atoms with van der Waals surface area (Å²) < 4.78 is 0. The number of piperidine rings is 1. The molecular formula is C10H15NO2. The third kappa shape index (κ3) is 0.909. The first kappa shape index (κ1) is 7.80. The van der Waals surface area contributed by atoms with Crippen LogP contribution in [0.2, 0.25) is 0 Å². The Morgan fingerprint density at radius 1 is 1.31 bits per heavy atom. The Bertz CT molecular complexity index is 253. The zero-order valence-corrected chi connectivity index (χ0v) is 7.57. The maximum atomic E-state index is 11.6. The number of aliphatic hydroxyl groups is 1. The third-order valence-corrected chi connectivity index (χ3v) is 4.21. The van der Waals surface area contributed by atoms with Crippen molar-refractivity contribution in [3.8, 4) is 0 Å². The van der Waals surface area contributed by atoms with Gasteiger partial charge in [-0.05, 0) is 37.0 Å². The summed E-state index contributed by atoms with van der Waals surface area (Å²) in [5.74, 6) is 1.88. The molecule has 2 N–H and O–H groups in total. The molecule has 3 fully saturated rings. The highest BCUT2D eigenvalue weighted by Gasteiger charge is 2.55. The van der Waals surface area contributed by atoms with Crippen molar-refractivity contribution in [3.05, 3.63) is 0 Å². The van der Waals surface area contributed by atoms with Gasteiger partial charge in [-0.3, -0.25) is 4.79 Å². The zero-order chi connectivity index (χ0) is 9.00. The van der Waals surface area contributed by atoms with Crippen LogP contribution in [0.4, 0.5) is 0 Å². The lowest BCUT2D eigenvalue weighted by Crippen LogP contribution is -2.47. The van der Waals surface area contributed by atoms with Gasteiger partial charge in [0.25, 0.3) is 0 Å². The summed E-state index contributed by atoms with van der Waals surface area (Å²) in [6.07, 6.45) is 2.91. The molecule has 5 atom stereocenters. The van der Waals surface area contributed by atoms with Gasteiger partial charge in [0.15, 0.2) is 0 Å². The summed E-state index contributed by atoms with van der Waals surface area (Å²) in [4.78, 5) is 11.6. The van der Waals surface area contributed by atoms with Crippen LogP contribution in [-0.4, -0.2) is 23.7 Å². The van der Waals surface area contributed by atoms with Crippen LogP contribution in [0.3, 0.4) is 0 Å². The Hall–Kier alpha value is -0.570. The predicted molar refractivity (Wildman–Crippen MR) is 46.8 cm³/mol. The zero-order valence-electron chi connectivity index (χ0n) is 7.57. The second-order valence-electron chi connectivity index (χ2n) is 4.73. The molecule has 3 aliphatic rings. The van der Waals surface area contributed by atoms with Gasteiger partial charge in [-0.25, -0.2) is 0 Å². The van der Waals surface area contributed by atoms with Crippen LogP contribution in [0.5, 0.6) is 0 Å². The summed E-state index contributed by atoms with van der Waals surface area (Å²) >= 11 is 0. The van der Waals surface area contributed by atoms with Crippen molar-refractivity contribution >= 4 is 5.91 Å². The highest BCUT2D eigenvalue weighted by atomic mass is 16.3. The van der Waals surface area contributed by atoms with E-state index in [0.29, 0.717) is 17.8 Å². The van der Waals surface area contributed by atoms with E-state index in [2.05, 4.69) is 5.32 Å². The number of hydrogen-bond acceptors (Lipinski definition) is 2. The van der Waals surface area contributed by atoms with Crippen molar-refractivity contribution in [1.82, 2.24) is 5.32 Å². The molecule has 1 saturated heterocycles. The number of carbonyl (C=O) groups excluding carboxylic acids is 1. The van der Waals surface area contributed by atoms with Crippen LogP contribution in [-0.2, 0) is 4.79 Å². The lowest BCUT2D eigenvalue weighted by atomic mass is 9.74. The molecular weight excluding hydrogens is 166 g/mol. The van der Waals surface area contributed by atoms with Gasteiger partial charge in [-0.2, -0.15) is 0 Å². The minimum absolute atomic E-state index is 0.114. The van der Waals surface area contributed by atoms with Gasteiger partial charge < -0.3 is 10.4 Å². The van der Waals surface area contributed by atoms with E-state index >= 15 is 0 Å². The second kappa shape index (κ2) is 2.47. The number of hydrogen-bond donors (Lipinski definition) is 2. The molecule has 13 heavy (non-hydrogen) atoms. The van der Waals surface area contributed by atoms with Gasteiger partial charge in [0.1, 0.15) is 0 Å². The molecule has 0 unspecified atom stereocenters. The maximum Gasteiger partial charge on any atom is 0.223 e. The van der Waals surface area contributed by atoms with E-state index in [1.165, 1.54) is 0 Å². The van der Waals surface area contributed by atoms with E-state index in [-0.39, 0.29) is 17.9 Å². The van der Waals surface area contributed by atoms with E-state index in [4.69, 9.17) is 0 Å². The van der Waals surface area contributed by atoms with Crippen LogP contribution >= 0.6 is 0 Å².